The molecule has 2 aliphatic rings. The molecule has 0 atom stereocenters. The van der Waals surface area contributed by atoms with Crippen LogP contribution in [0, 0.1) is 16.7 Å². The van der Waals surface area contributed by atoms with Gasteiger partial charge in [-0.1, -0.05) is 52.9 Å². The molecule has 2 rings (SSSR count). The van der Waals surface area contributed by atoms with Gasteiger partial charge in [0.05, 0.1) is 5.60 Å². The van der Waals surface area contributed by atoms with Crippen LogP contribution < -0.4 is 5.73 Å². The molecule has 0 heterocycles. The Bertz CT molecular complexity index is 315. The van der Waals surface area contributed by atoms with Crippen molar-refractivity contribution in [2.75, 3.05) is 6.54 Å². The molecule has 0 spiro atoms. The SMILES string of the molecule is CC(C)(C)C1CCC(O)(C2(CN)CCCCCCC2)CC1. The molecule has 2 aliphatic carbocycles. The molecule has 21 heavy (non-hydrogen) atoms. The molecule has 2 fully saturated rings. The second kappa shape index (κ2) is 6.58. The maximum Gasteiger partial charge on any atom is 0.0716 e. The maximum absolute atomic E-state index is 11.5. The molecule has 3 N–H and O–H groups in total. The smallest absolute Gasteiger partial charge is 0.0716 e. The van der Waals surface area contributed by atoms with Crippen LogP contribution in [0.2, 0.25) is 0 Å². The van der Waals surface area contributed by atoms with E-state index in [9.17, 15) is 5.11 Å². The van der Waals surface area contributed by atoms with Crippen molar-refractivity contribution in [1.82, 2.24) is 0 Å². The minimum atomic E-state index is -0.499. The Morgan fingerprint density at radius 2 is 1.38 bits per heavy atom. The summed E-state index contributed by atoms with van der Waals surface area (Å²) in [5.74, 6) is 0.751. The van der Waals surface area contributed by atoms with E-state index < -0.39 is 5.60 Å². The summed E-state index contributed by atoms with van der Waals surface area (Å²) in [7, 11) is 0. The van der Waals surface area contributed by atoms with E-state index in [4.69, 9.17) is 5.73 Å². The number of rotatable bonds is 2. The zero-order valence-electron chi connectivity index (χ0n) is 14.6. The Labute approximate surface area is 131 Å². The van der Waals surface area contributed by atoms with Crippen LogP contribution in [0.15, 0.2) is 0 Å². The molecular weight excluding hydrogens is 258 g/mol. The Kier molecular flexibility index (Phi) is 5.41. The van der Waals surface area contributed by atoms with Crippen LogP contribution in [0.1, 0.15) is 91.4 Å². The highest BCUT2D eigenvalue weighted by Crippen LogP contribution is 2.52. The first-order valence-corrected chi connectivity index (χ1v) is 9.25. The number of hydrogen-bond acceptors (Lipinski definition) is 2. The molecule has 2 heteroatoms. The van der Waals surface area contributed by atoms with E-state index in [-0.39, 0.29) is 5.41 Å². The third-order valence-electron chi connectivity index (χ3n) is 6.73. The molecular formula is C19H37NO. The van der Waals surface area contributed by atoms with E-state index >= 15 is 0 Å². The van der Waals surface area contributed by atoms with Crippen molar-refractivity contribution >= 4 is 0 Å². The van der Waals surface area contributed by atoms with Gasteiger partial charge in [-0.05, 0) is 49.9 Å². The second-order valence-corrected chi connectivity index (χ2v) is 8.92. The zero-order chi connectivity index (χ0) is 15.6. The summed E-state index contributed by atoms with van der Waals surface area (Å²) in [5, 5.41) is 11.5. The molecule has 0 aromatic carbocycles. The topological polar surface area (TPSA) is 46.2 Å². The largest absolute Gasteiger partial charge is 0.389 e. The molecule has 2 nitrogen and oxygen atoms in total. The van der Waals surface area contributed by atoms with Crippen LogP contribution in [-0.2, 0) is 0 Å². The maximum atomic E-state index is 11.5. The lowest BCUT2D eigenvalue weighted by Crippen LogP contribution is -2.55. The van der Waals surface area contributed by atoms with Gasteiger partial charge in [-0.15, -0.1) is 0 Å². The van der Waals surface area contributed by atoms with Crippen LogP contribution in [0.3, 0.4) is 0 Å². The van der Waals surface area contributed by atoms with Gasteiger partial charge >= 0.3 is 0 Å². The molecule has 0 aromatic heterocycles. The molecule has 2 saturated carbocycles. The Morgan fingerprint density at radius 1 is 0.905 bits per heavy atom. The highest BCUT2D eigenvalue weighted by Gasteiger charge is 2.50. The first-order valence-electron chi connectivity index (χ1n) is 9.25. The average molecular weight is 296 g/mol. The monoisotopic (exact) mass is 295 g/mol. The van der Waals surface area contributed by atoms with Crippen molar-refractivity contribution in [3.05, 3.63) is 0 Å². The fourth-order valence-corrected chi connectivity index (χ4v) is 4.93. The van der Waals surface area contributed by atoms with E-state index in [1.54, 1.807) is 0 Å². The van der Waals surface area contributed by atoms with E-state index in [1.165, 1.54) is 44.9 Å². The summed E-state index contributed by atoms with van der Waals surface area (Å²) in [6.45, 7) is 7.70. The molecule has 0 aliphatic heterocycles. The fourth-order valence-electron chi connectivity index (χ4n) is 4.93. The van der Waals surface area contributed by atoms with E-state index in [2.05, 4.69) is 20.8 Å². The van der Waals surface area contributed by atoms with Crippen molar-refractivity contribution in [2.24, 2.45) is 22.5 Å². The Balaban J connectivity index is 2.10. The van der Waals surface area contributed by atoms with E-state index in [1.807, 2.05) is 0 Å². The number of aliphatic hydroxyl groups is 1. The minimum absolute atomic E-state index is 0.00370. The van der Waals surface area contributed by atoms with Crippen LogP contribution in [0.25, 0.3) is 0 Å². The van der Waals surface area contributed by atoms with Crippen molar-refractivity contribution in [2.45, 2.75) is 97.0 Å². The third kappa shape index (κ3) is 3.64. The second-order valence-electron chi connectivity index (χ2n) is 8.92. The first-order chi connectivity index (χ1) is 9.83. The van der Waals surface area contributed by atoms with Crippen LogP contribution in [-0.4, -0.2) is 17.3 Å². The fraction of sp³-hybridized carbons (Fsp3) is 1.00. The van der Waals surface area contributed by atoms with Gasteiger partial charge in [-0.3, -0.25) is 0 Å². The predicted molar refractivity (Wildman–Crippen MR) is 90.2 cm³/mol. The summed E-state index contributed by atoms with van der Waals surface area (Å²) in [6, 6.07) is 0. The van der Waals surface area contributed by atoms with Gasteiger partial charge in [0.1, 0.15) is 0 Å². The van der Waals surface area contributed by atoms with Crippen molar-refractivity contribution in [3.63, 3.8) is 0 Å². The lowest BCUT2D eigenvalue weighted by atomic mass is 9.57. The molecule has 0 unspecified atom stereocenters. The molecule has 0 bridgehead atoms. The molecule has 0 radical (unpaired) electrons. The van der Waals surface area contributed by atoms with Gasteiger partial charge in [0.2, 0.25) is 0 Å². The average Bonchev–Trinajstić information content (AvgIpc) is 2.38. The molecule has 0 saturated heterocycles. The van der Waals surface area contributed by atoms with Gasteiger partial charge in [0, 0.05) is 12.0 Å². The standard InChI is InChI=1S/C19H37NO/c1-17(2,3)16-9-13-19(21,14-10-16)18(15-20)11-7-5-4-6-8-12-18/h16,21H,4-15,20H2,1-3H3. The molecule has 0 aromatic rings. The lowest BCUT2D eigenvalue weighted by molar-refractivity contribution is -0.130. The zero-order valence-corrected chi connectivity index (χ0v) is 14.6. The highest BCUT2D eigenvalue weighted by molar-refractivity contribution is 5.03. The van der Waals surface area contributed by atoms with Crippen LogP contribution in [0.5, 0.6) is 0 Å². The van der Waals surface area contributed by atoms with E-state index in [0.717, 1.165) is 31.6 Å². The van der Waals surface area contributed by atoms with Crippen molar-refractivity contribution in [1.29, 1.82) is 0 Å². The van der Waals surface area contributed by atoms with E-state index in [0.29, 0.717) is 12.0 Å². The summed E-state index contributed by atoms with van der Waals surface area (Å²) >= 11 is 0. The third-order valence-corrected chi connectivity index (χ3v) is 6.73. The van der Waals surface area contributed by atoms with Crippen molar-refractivity contribution in [3.8, 4) is 0 Å². The molecule has 0 amide bonds. The Hall–Kier alpha value is -0.0800. The van der Waals surface area contributed by atoms with Gasteiger partial charge in [0.15, 0.2) is 0 Å². The number of nitrogens with two attached hydrogens (primary N) is 1. The first kappa shape index (κ1) is 17.3. The van der Waals surface area contributed by atoms with Crippen LogP contribution in [0.4, 0.5) is 0 Å². The van der Waals surface area contributed by atoms with Crippen molar-refractivity contribution < 1.29 is 5.11 Å². The number of hydrogen-bond donors (Lipinski definition) is 2. The van der Waals surface area contributed by atoms with Gasteiger partial charge < -0.3 is 10.8 Å². The van der Waals surface area contributed by atoms with Gasteiger partial charge in [0.25, 0.3) is 0 Å². The quantitative estimate of drug-likeness (QED) is 0.779. The molecule has 124 valence electrons. The summed E-state index contributed by atoms with van der Waals surface area (Å²) in [4.78, 5) is 0. The Morgan fingerprint density at radius 3 is 1.81 bits per heavy atom. The van der Waals surface area contributed by atoms with Gasteiger partial charge in [-0.25, -0.2) is 0 Å². The minimum Gasteiger partial charge on any atom is -0.389 e. The predicted octanol–water partition coefficient (Wildman–Crippen LogP) is 4.64. The summed E-state index contributed by atoms with van der Waals surface area (Å²) < 4.78 is 0. The normalized spacial score (nSPS) is 35.0. The summed E-state index contributed by atoms with van der Waals surface area (Å²) in [5.41, 5.74) is 6.11. The highest BCUT2D eigenvalue weighted by atomic mass is 16.3. The van der Waals surface area contributed by atoms with Gasteiger partial charge in [-0.2, -0.15) is 0 Å². The lowest BCUT2D eigenvalue weighted by Gasteiger charge is -2.52. The summed E-state index contributed by atoms with van der Waals surface area (Å²) in [6.07, 6.45) is 13.1. The van der Waals surface area contributed by atoms with Crippen LogP contribution >= 0.6 is 0 Å².